The normalized spacial score (nSPS) is 14.0. The highest BCUT2D eigenvalue weighted by atomic mass is 79.9. The van der Waals surface area contributed by atoms with Crippen LogP contribution in [-0.4, -0.2) is 16.5 Å². The Morgan fingerprint density at radius 2 is 2.11 bits per heavy atom. The minimum Gasteiger partial charge on any atom is -0.339 e. The number of benzene rings is 1. The quantitative estimate of drug-likeness (QED) is 0.825. The fourth-order valence-corrected chi connectivity index (χ4v) is 2.68. The van der Waals surface area contributed by atoms with Crippen molar-refractivity contribution in [2.24, 2.45) is 0 Å². The van der Waals surface area contributed by atoms with E-state index in [9.17, 15) is 0 Å². The Kier molecular flexibility index (Phi) is 3.68. The standard InChI is InChI=1S/C13H12BrClN4/c14-9-3-1-2-4-11(9)17-12-8-7-16-6-5-10(8)18-13(15)19-12/h1-4,16H,5-7H2,(H,17,18,19). The summed E-state index contributed by atoms with van der Waals surface area (Å²) in [6.07, 6.45) is 0.877. The number of halogens is 2. The summed E-state index contributed by atoms with van der Waals surface area (Å²) in [5.74, 6) is 0.772. The summed E-state index contributed by atoms with van der Waals surface area (Å²) in [5.41, 5.74) is 3.07. The van der Waals surface area contributed by atoms with Gasteiger partial charge in [-0.15, -0.1) is 0 Å². The average molecular weight is 340 g/mol. The predicted octanol–water partition coefficient (Wildman–Crippen LogP) is 3.28. The van der Waals surface area contributed by atoms with E-state index in [1.807, 2.05) is 24.3 Å². The molecule has 6 heteroatoms. The Labute approximate surface area is 124 Å². The zero-order valence-corrected chi connectivity index (χ0v) is 12.4. The first-order valence-electron chi connectivity index (χ1n) is 6.01. The third kappa shape index (κ3) is 2.73. The maximum atomic E-state index is 5.99. The van der Waals surface area contributed by atoms with Gasteiger partial charge in [0.2, 0.25) is 5.28 Å². The van der Waals surface area contributed by atoms with Gasteiger partial charge in [-0.3, -0.25) is 0 Å². The van der Waals surface area contributed by atoms with Crippen molar-refractivity contribution in [3.05, 3.63) is 45.3 Å². The van der Waals surface area contributed by atoms with Crippen LogP contribution in [0.4, 0.5) is 11.5 Å². The highest BCUT2D eigenvalue weighted by Gasteiger charge is 2.17. The molecule has 19 heavy (non-hydrogen) atoms. The Morgan fingerprint density at radius 1 is 1.26 bits per heavy atom. The lowest BCUT2D eigenvalue weighted by Gasteiger charge is -2.20. The number of fused-ring (bicyclic) bond motifs is 1. The lowest BCUT2D eigenvalue weighted by atomic mass is 10.1. The smallest absolute Gasteiger partial charge is 0.224 e. The minimum absolute atomic E-state index is 0.287. The van der Waals surface area contributed by atoms with Crippen molar-refractivity contribution in [2.75, 3.05) is 11.9 Å². The van der Waals surface area contributed by atoms with Crippen LogP contribution in [0.3, 0.4) is 0 Å². The Hall–Kier alpha value is -1.17. The topological polar surface area (TPSA) is 49.8 Å². The molecule has 1 aliphatic heterocycles. The van der Waals surface area contributed by atoms with Gasteiger partial charge >= 0.3 is 0 Å². The molecule has 1 aliphatic rings. The molecule has 1 aromatic heterocycles. The molecule has 0 unspecified atom stereocenters. The fraction of sp³-hybridized carbons (Fsp3) is 0.231. The van der Waals surface area contributed by atoms with Crippen LogP contribution in [0.15, 0.2) is 28.7 Å². The number of anilines is 2. The number of nitrogens with one attached hydrogen (secondary N) is 2. The van der Waals surface area contributed by atoms with Gasteiger partial charge in [0.05, 0.1) is 11.4 Å². The van der Waals surface area contributed by atoms with Crippen LogP contribution in [0.1, 0.15) is 11.3 Å². The van der Waals surface area contributed by atoms with Gasteiger partial charge in [-0.05, 0) is 39.7 Å². The van der Waals surface area contributed by atoms with Crippen LogP contribution in [0.2, 0.25) is 5.28 Å². The van der Waals surface area contributed by atoms with Crippen LogP contribution in [0.5, 0.6) is 0 Å². The van der Waals surface area contributed by atoms with E-state index in [2.05, 4.69) is 36.5 Å². The van der Waals surface area contributed by atoms with E-state index >= 15 is 0 Å². The maximum Gasteiger partial charge on any atom is 0.224 e. The van der Waals surface area contributed by atoms with Crippen LogP contribution < -0.4 is 10.6 Å². The number of para-hydroxylation sites is 1. The lowest BCUT2D eigenvalue weighted by molar-refractivity contribution is 0.628. The predicted molar refractivity (Wildman–Crippen MR) is 79.9 cm³/mol. The van der Waals surface area contributed by atoms with E-state index in [0.717, 1.165) is 46.7 Å². The Morgan fingerprint density at radius 3 is 2.95 bits per heavy atom. The fourth-order valence-electron chi connectivity index (χ4n) is 2.11. The van der Waals surface area contributed by atoms with Gasteiger partial charge in [-0.1, -0.05) is 12.1 Å². The molecule has 3 rings (SSSR count). The van der Waals surface area contributed by atoms with Crippen molar-refractivity contribution in [1.82, 2.24) is 15.3 Å². The Bertz CT molecular complexity index is 618. The van der Waals surface area contributed by atoms with Crippen LogP contribution in [0.25, 0.3) is 0 Å². The molecular formula is C13H12BrClN4. The number of hydrogen-bond acceptors (Lipinski definition) is 4. The van der Waals surface area contributed by atoms with E-state index in [1.165, 1.54) is 0 Å². The van der Waals surface area contributed by atoms with Gasteiger partial charge < -0.3 is 10.6 Å². The summed E-state index contributed by atoms with van der Waals surface area (Å²) in [5, 5.41) is 6.93. The zero-order valence-electron chi connectivity index (χ0n) is 10.1. The highest BCUT2D eigenvalue weighted by molar-refractivity contribution is 9.10. The van der Waals surface area contributed by atoms with Gasteiger partial charge in [0.1, 0.15) is 5.82 Å². The van der Waals surface area contributed by atoms with Crippen LogP contribution in [-0.2, 0) is 13.0 Å². The summed E-state index contributed by atoms with van der Waals surface area (Å²) in [7, 11) is 0. The van der Waals surface area contributed by atoms with Crippen molar-refractivity contribution in [3.8, 4) is 0 Å². The third-order valence-electron chi connectivity index (χ3n) is 3.03. The number of nitrogens with zero attached hydrogens (tertiary/aromatic N) is 2. The summed E-state index contributed by atoms with van der Waals surface area (Å²) in [4.78, 5) is 8.61. The van der Waals surface area contributed by atoms with Gasteiger partial charge in [0.15, 0.2) is 0 Å². The molecule has 0 bridgehead atoms. The molecule has 2 aromatic rings. The highest BCUT2D eigenvalue weighted by Crippen LogP contribution is 2.28. The van der Waals surface area contributed by atoms with Crippen LogP contribution in [0, 0.1) is 0 Å². The molecular weight excluding hydrogens is 328 g/mol. The average Bonchev–Trinajstić information content (AvgIpc) is 2.41. The van der Waals surface area contributed by atoms with Crippen molar-refractivity contribution in [2.45, 2.75) is 13.0 Å². The van der Waals surface area contributed by atoms with Gasteiger partial charge in [0, 0.05) is 29.5 Å². The van der Waals surface area contributed by atoms with Crippen molar-refractivity contribution < 1.29 is 0 Å². The van der Waals surface area contributed by atoms with E-state index in [0.29, 0.717) is 0 Å². The summed E-state index contributed by atoms with van der Waals surface area (Å²) in [6.45, 7) is 1.69. The first-order chi connectivity index (χ1) is 9.24. The Balaban J connectivity index is 2.01. The summed E-state index contributed by atoms with van der Waals surface area (Å²) >= 11 is 9.51. The first kappa shape index (κ1) is 12.8. The maximum absolute atomic E-state index is 5.99. The monoisotopic (exact) mass is 338 g/mol. The molecule has 0 saturated carbocycles. The summed E-state index contributed by atoms with van der Waals surface area (Å²) < 4.78 is 0.988. The molecule has 0 radical (unpaired) electrons. The molecule has 0 saturated heterocycles. The second-order valence-corrected chi connectivity index (χ2v) is 5.49. The number of hydrogen-bond donors (Lipinski definition) is 2. The van der Waals surface area contributed by atoms with Gasteiger partial charge in [0.25, 0.3) is 0 Å². The molecule has 1 aromatic carbocycles. The lowest BCUT2D eigenvalue weighted by Crippen LogP contribution is -2.26. The molecule has 4 nitrogen and oxygen atoms in total. The molecule has 0 fully saturated rings. The van der Waals surface area contributed by atoms with E-state index in [-0.39, 0.29) is 5.28 Å². The largest absolute Gasteiger partial charge is 0.339 e. The second kappa shape index (κ2) is 5.45. The molecule has 2 heterocycles. The van der Waals surface area contributed by atoms with E-state index < -0.39 is 0 Å². The van der Waals surface area contributed by atoms with Gasteiger partial charge in [-0.25, -0.2) is 9.97 Å². The van der Waals surface area contributed by atoms with Crippen molar-refractivity contribution >= 4 is 39.0 Å². The van der Waals surface area contributed by atoms with E-state index in [4.69, 9.17) is 11.6 Å². The molecule has 0 amide bonds. The summed E-state index contributed by atoms with van der Waals surface area (Å²) in [6, 6.07) is 7.92. The van der Waals surface area contributed by atoms with Gasteiger partial charge in [-0.2, -0.15) is 0 Å². The number of aromatic nitrogens is 2. The minimum atomic E-state index is 0.287. The number of rotatable bonds is 2. The SMILES string of the molecule is Clc1nc2c(c(Nc3ccccc3Br)n1)CNCC2. The van der Waals surface area contributed by atoms with E-state index in [1.54, 1.807) is 0 Å². The zero-order chi connectivity index (χ0) is 13.2. The van der Waals surface area contributed by atoms with Crippen LogP contribution >= 0.6 is 27.5 Å². The molecule has 2 N–H and O–H groups in total. The van der Waals surface area contributed by atoms with Crippen molar-refractivity contribution in [1.29, 1.82) is 0 Å². The van der Waals surface area contributed by atoms with Crippen molar-refractivity contribution in [3.63, 3.8) is 0 Å². The second-order valence-electron chi connectivity index (χ2n) is 4.30. The molecule has 0 atom stereocenters. The molecule has 0 spiro atoms. The molecule has 98 valence electrons. The first-order valence-corrected chi connectivity index (χ1v) is 7.18. The third-order valence-corrected chi connectivity index (χ3v) is 3.89. The molecule has 0 aliphatic carbocycles.